The lowest BCUT2D eigenvalue weighted by molar-refractivity contribution is -0.384. The number of non-ortho nitro benzene ring substituents is 1. The maximum Gasteiger partial charge on any atom is 0.336 e. The van der Waals surface area contributed by atoms with E-state index in [4.69, 9.17) is 23.7 Å². The van der Waals surface area contributed by atoms with Crippen LogP contribution in [0.2, 0.25) is 0 Å². The Balaban J connectivity index is 1.25. The third kappa shape index (κ3) is 9.45. The third-order valence-corrected chi connectivity index (χ3v) is 7.96. The van der Waals surface area contributed by atoms with Crippen molar-refractivity contribution in [2.45, 2.75) is 71.0 Å². The highest BCUT2D eigenvalue weighted by Crippen LogP contribution is 2.41. The standard InChI is InChI=1S/C34H42N2O9/c1-23-30(33(37)41-3)32(26-11-8-12-27(22-26)36(39)40)31(24(2)35-23)34(38)45-20-7-6-18-42-28-16-14-25(15-17-28)10-9-21-44-29-13-4-5-19-43-29/h8,11-12,14-17,22,29-30,32H,4-7,9-10,13,18-21H2,1-3H3. The van der Waals surface area contributed by atoms with Crippen molar-refractivity contribution in [3.05, 3.63) is 81.0 Å². The van der Waals surface area contributed by atoms with Crippen LogP contribution in [-0.2, 0) is 35.0 Å². The van der Waals surface area contributed by atoms with Gasteiger partial charge in [-0.05, 0) is 82.1 Å². The number of hydrogen-bond acceptors (Lipinski definition) is 10. The van der Waals surface area contributed by atoms with Crippen molar-refractivity contribution < 1.29 is 38.2 Å². The SMILES string of the molecule is COC(=O)C1C(C)=NC(C)=C(C(=O)OCCCCOc2ccc(CCCOC3CCCCO3)cc2)C1c1cccc([N+](=O)[O-])c1. The van der Waals surface area contributed by atoms with E-state index in [1.54, 1.807) is 19.9 Å². The van der Waals surface area contributed by atoms with Crippen molar-refractivity contribution in [2.24, 2.45) is 10.9 Å². The van der Waals surface area contributed by atoms with Crippen molar-refractivity contribution in [3.63, 3.8) is 0 Å². The minimum Gasteiger partial charge on any atom is -0.494 e. The molecule has 2 heterocycles. The van der Waals surface area contributed by atoms with E-state index in [2.05, 4.69) is 17.1 Å². The van der Waals surface area contributed by atoms with Crippen LogP contribution in [0, 0.1) is 16.0 Å². The molecule has 1 saturated heterocycles. The predicted molar refractivity (Wildman–Crippen MR) is 167 cm³/mol. The second-order valence-corrected chi connectivity index (χ2v) is 11.2. The van der Waals surface area contributed by atoms with Gasteiger partial charge in [-0.15, -0.1) is 0 Å². The molecular formula is C34H42N2O9. The van der Waals surface area contributed by atoms with E-state index in [1.165, 1.54) is 30.9 Å². The summed E-state index contributed by atoms with van der Waals surface area (Å²) >= 11 is 0. The summed E-state index contributed by atoms with van der Waals surface area (Å²) in [5.41, 5.74) is 2.53. The summed E-state index contributed by atoms with van der Waals surface area (Å²) in [6.07, 6.45) is 6.26. The normalized spacial score (nSPS) is 19.9. The number of unbranched alkanes of at least 4 members (excludes halogenated alkanes) is 1. The number of benzene rings is 2. The summed E-state index contributed by atoms with van der Waals surface area (Å²) < 4.78 is 27.9. The van der Waals surface area contributed by atoms with E-state index in [0.717, 1.165) is 44.5 Å². The molecule has 11 heteroatoms. The topological polar surface area (TPSA) is 136 Å². The summed E-state index contributed by atoms with van der Waals surface area (Å²) in [5.74, 6) is -2.20. The first-order chi connectivity index (χ1) is 21.8. The fraction of sp³-hybridized carbons (Fsp3) is 0.500. The molecule has 11 nitrogen and oxygen atoms in total. The molecule has 0 saturated carbocycles. The van der Waals surface area contributed by atoms with Crippen LogP contribution in [0.4, 0.5) is 5.69 Å². The summed E-state index contributed by atoms with van der Waals surface area (Å²) in [5, 5.41) is 11.4. The van der Waals surface area contributed by atoms with Crippen molar-refractivity contribution in [3.8, 4) is 5.75 Å². The Morgan fingerprint density at radius 1 is 1.02 bits per heavy atom. The minimum atomic E-state index is -0.924. The van der Waals surface area contributed by atoms with Crippen molar-refractivity contribution in [1.29, 1.82) is 0 Å². The maximum absolute atomic E-state index is 13.4. The molecule has 3 unspecified atom stereocenters. The fourth-order valence-electron chi connectivity index (χ4n) is 5.65. The van der Waals surface area contributed by atoms with Crippen molar-refractivity contribution in [2.75, 3.05) is 33.5 Å². The van der Waals surface area contributed by atoms with Gasteiger partial charge in [-0.2, -0.15) is 0 Å². The summed E-state index contributed by atoms with van der Waals surface area (Å²) in [6, 6.07) is 13.9. The van der Waals surface area contributed by atoms with Gasteiger partial charge in [0.05, 0.1) is 37.4 Å². The zero-order chi connectivity index (χ0) is 32.2. The molecule has 0 bridgehead atoms. The maximum atomic E-state index is 13.4. The first kappa shape index (κ1) is 33.8. The number of allylic oxidation sites excluding steroid dienone is 1. The largest absolute Gasteiger partial charge is 0.494 e. The molecule has 0 spiro atoms. The van der Waals surface area contributed by atoms with Crippen LogP contribution < -0.4 is 4.74 Å². The number of methoxy groups -OCH3 is 1. The summed E-state index contributed by atoms with van der Waals surface area (Å²) in [4.78, 5) is 41.5. The first-order valence-corrected chi connectivity index (χ1v) is 15.5. The second kappa shape index (κ2) is 16.8. The Bertz CT molecular complexity index is 1380. The van der Waals surface area contributed by atoms with Gasteiger partial charge in [0.15, 0.2) is 6.29 Å². The van der Waals surface area contributed by atoms with Gasteiger partial charge in [0.1, 0.15) is 11.7 Å². The predicted octanol–water partition coefficient (Wildman–Crippen LogP) is 6.09. The molecule has 1 fully saturated rings. The molecule has 3 atom stereocenters. The van der Waals surface area contributed by atoms with E-state index in [1.807, 2.05) is 12.1 Å². The van der Waals surface area contributed by atoms with Crippen LogP contribution in [-0.4, -0.2) is 62.4 Å². The highest BCUT2D eigenvalue weighted by molar-refractivity contribution is 6.07. The van der Waals surface area contributed by atoms with Crippen LogP contribution in [0.15, 0.2) is 64.8 Å². The Kier molecular flexibility index (Phi) is 12.6. The van der Waals surface area contributed by atoms with Crippen LogP contribution in [0.5, 0.6) is 5.75 Å². The monoisotopic (exact) mass is 622 g/mol. The Morgan fingerprint density at radius 2 is 1.80 bits per heavy atom. The van der Waals surface area contributed by atoms with E-state index in [-0.39, 0.29) is 24.2 Å². The molecule has 0 aromatic heterocycles. The van der Waals surface area contributed by atoms with E-state index >= 15 is 0 Å². The number of aliphatic imine (C=N–C) groups is 1. The zero-order valence-electron chi connectivity index (χ0n) is 26.2. The number of nitro benzene ring substituents is 1. The van der Waals surface area contributed by atoms with Gasteiger partial charge in [0, 0.05) is 36.1 Å². The number of carbonyl (C=O) groups excluding carboxylic acids is 2. The lowest BCUT2D eigenvalue weighted by Crippen LogP contribution is -2.36. The van der Waals surface area contributed by atoms with Crippen molar-refractivity contribution in [1.82, 2.24) is 0 Å². The Hall–Kier alpha value is -4.09. The summed E-state index contributed by atoms with van der Waals surface area (Å²) in [6.45, 7) is 5.40. The number of carbonyl (C=O) groups is 2. The lowest BCUT2D eigenvalue weighted by Gasteiger charge is -2.31. The quantitative estimate of drug-likeness (QED) is 0.1000. The number of nitro groups is 1. The Morgan fingerprint density at radius 3 is 2.51 bits per heavy atom. The van der Waals surface area contributed by atoms with Gasteiger partial charge in [-0.25, -0.2) is 4.79 Å². The molecule has 2 aromatic rings. The van der Waals surface area contributed by atoms with E-state index < -0.39 is 28.7 Å². The van der Waals surface area contributed by atoms with Gasteiger partial charge in [0.25, 0.3) is 5.69 Å². The molecule has 4 rings (SSSR count). The minimum absolute atomic E-state index is 0.0544. The number of ether oxygens (including phenoxy) is 5. The number of esters is 2. The summed E-state index contributed by atoms with van der Waals surface area (Å²) in [7, 11) is 1.25. The Labute approximate surface area is 263 Å². The molecule has 2 aliphatic heterocycles. The van der Waals surface area contributed by atoms with Gasteiger partial charge >= 0.3 is 11.9 Å². The van der Waals surface area contributed by atoms with Gasteiger partial charge in [0.2, 0.25) is 0 Å². The van der Waals surface area contributed by atoms with Gasteiger partial charge in [-0.3, -0.25) is 19.9 Å². The average molecular weight is 623 g/mol. The first-order valence-electron chi connectivity index (χ1n) is 15.5. The van der Waals surface area contributed by atoms with Crippen LogP contribution in [0.1, 0.15) is 69.4 Å². The molecule has 0 radical (unpaired) electrons. The van der Waals surface area contributed by atoms with Crippen LogP contribution in [0.25, 0.3) is 0 Å². The second-order valence-electron chi connectivity index (χ2n) is 11.2. The molecule has 2 aliphatic rings. The fourth-order valence-corrected chi connectivity index (χ4v) is 5.65. The number of hydrogen-bond donors (Lipinski definition) is 0. The average Bonchev–Trinajstić information content (AvgIpc) is 3.05. The number of aryl methyl sites for hydroxylation is 1. The van der Waals surface area contributed by atoms with Gasteiger partial charge in [-0.1, -0.05) is 24.3 Å². The van der Waals surface area contributed by atoms with Crippen LogP contribution in [0.3, 0.4) is 0 Å². The molecule has 45 heavy (non-hydrogen) atoms. The highest BCUT2D eigenvalue weighted by Gasteiger charge is 2.42. The highest BCUT2D eigenvalue weighted by atomic mass is 16.7. The van der Waals surface area contributed by atoms with Gasteiger partial charge < -0.3 is 23.7 Å². The molecule has 0 amide bonds. The molecular weight excluding hydrogens is 580 g/mol. The number of nitrogens with zero attached hydrogens (tertiary/aromatic N) is 2. The molecule has 242 valence electrons. The number of rotatable bonds is 15. The van der Waals surface area contributed by atoms with E-state index in [0.29, 0.717) is 43.0 Å². The van der Waals surface area contributed by atoms with E-state index in [9.17, 15) is 19.7 Å². The third-order valence-electron chi connectivity index (χ3n) is 7.96. The lowest BCUT2D eigenvalue weighted by atomic mass is 9.75. The molecule has 0 N–H and O–H groups in total. The molecule has 0 aliphatic carbocycles. The van der Waals surface area contributed by atoms with Crippen molar-refractivity contribution >= 4 is 23.3 Å². The zero-order valence-corrected chi connectivity index (χ0v) is 26.2. The van der Waals surface area contributed by atoms with Crippen LogP contribution >= 0.6 is 0 Å². The smallest absolute Gasteiger partial charge is 0.336 e. The molecule has 2 aromatic carbocycles.